The van der Waals surface area contributed by atoms with E-state index < -0.39 is 5.41 Å². The second kappa shape index (κ2) is 7.20. The van der Waals surface area contributed by atoms with E-state index in [0.717, 1.165) is 16.7 Å². The Kier molecular flexibility index (Phi) is 4.98. The first kappa shape index (κ1) is 18.0. The lowest BCUT2D eigenvalue weighted by Crippen LogP contribution is -2.38. The van der Waals surface area contributed by atoms with Crippen LogP contribution in [0.2, 0.25) is 0 Å². The number of nitrogens with zero attached hydrogens (tertiary/aromatic N) is 1. The average molecular weight is 354 g/mol. The van der Waals surface area contributed by atoms with Gasteiger partial charge < -0.3 is 14.6 Å². The fourth-order valence-electron chi connectivity index (χ4n) is 3.08. The zero-order valence-corrected chi connectivity index (χ0v) is 15.3. The molecule has 0 fully saturated rings. The summed E-state index contributed by atoms with van der Waals surface area (Å²) in [5, 5.41) is 3.94. The van der Waals surface area contributed by atoms with Crippen LogP contribution in [0, 0.1) is 5.82 Å². The normalized spacial score (nSPS) is 11.5. The number of hydrogen-bond donors (Lipinski definition) is 1. The molecule has 3 rings (SSSR count). The topological polar surface area (TPSA) is 43.3 Å². The van der Waals surface area contributed by atoms with E-state index in [1.807, 2.05) is 54.9 Å². The molecule has 3 aromatic rings. The first-order valence-electron chi connectivity index (χ1n) is 8.55. The first-order valence-corrected chi connectivity index (χ1v) is 8.55. The number of nitrogens with one attached hydrogen (secondary N) is 1. The summed E-state index contributed by atoms with van der Waals surface area (Å²) in [6, 6.07) is 14.4. The molecule has 0 aliphatic carbocycles. The van der Waals surface area contributed by atoms with Gasteiger partial charge in [0.2, 0.25) is 5.91 Å². The van der Waals surface area contributed by atoms with Crippen LogP contribution in [-0.2, 0) is 16.8 Å². The van der Waals surface area contributed by atoms with E-state index in [2.05, 4.69) is 5.32 Å². The number of rotatable bonds is 6. The van der Waals surface area contributed by atoms with Crippen molar-refractivity contribution in [3.8, 4) is 5.75 Å². The predicted molar refractivity (Wildman–Crippen MR) is 101 cm³/mol. The summed E-state index contributed by atoms with van der Waals surface area (Å²) in [5.74, 6) is 0.422. The van der Waals surface area contributed by atoms with Crippen LogP contribution in [0.15, 0.2) is 54.7 Å². The predicted octanol–water partition coefficient (Wildman–Crippen LogP) is 3.88. The molecule has 0 atom stereocenters. The van der Waals surface area contributed by atoms with E-state index in [0.29, 0.717) is 12.1 Å². The molecule has 136 valence electrons. The molecule has 0 saturated carbocycles. The Morgan fingerprint density at radius 2 is 1.96 bits per heavy atom. The van der Waals surface area contributed by atoms with Crippen LogP contribution in [0.4, 0.5) is 4.39 Å². The summed E-state index contributed by atoms with van der Waals surface area (Å²) in [7, 11) is 1.63. The van der Waals surface area contributed by atoms with Crippen LogP contribution in [-0.4, -0.2) is 24.1 Å². The van der Waals surface area contributed by atoms with Crippen molar-refractivity contribution in [2.75, 3.05) is 13.7 Å². The molecular formula is C21H23FN2O2. The monoisotopic (exact) mass is 354 g/mol. The lowest BCUT2D eigenvalue weighted by Gasteiger charge is -2.26. The number of fused-ring (bicyclic) bond motifs is 1. The van der Waals surface area contributed by atoms with E-state index in [4.69, 9.17) is 4.74 Å². The Bertz CT molecular complexity index is 931. The summed E-state index contributed by atoms with van der Waals surface area (Å²) in [5.41, 5.74) is 1.07. The Hall–Kier alpha value is -2.82. The number of carbonyl (C=O) groups is 1. The highest BCUT2D eigenvalue weighted by molar-refractivity contribution is 5.84. The first-order chi connectivity index (χ1) is 12.4. The molecule has 1 aromatic heterocycles. The van der Waals surface area contributed by atoms with Crippen molar-refractivity contribution in [1.82, 2.24) is 9.88 Å². The molecule has 26 heavy (non-hydrogen) atoms. The largest absolute Gasteiger partial charge is 0.497 e. The number of methoxy groups -OCH3 is 1. The van der Waals surface area contributed by atoms with Gasteiger partial charge in [0.25, 0.3) is 0 Å². The van der Waals surface area contributed by atoms with Crippen molar-refractivity contribution >= 4 is 16.8 Å². The van der Waals surface area contributed by atoms with Crippen LogP contribution < -0.4 is 10.1 Å². The third-order valence-electron chi connectivity index (χ3n) is 4.62. The van der Waals surface area contributed by atoms with Gasteiger partial charge in [0.15, 0.2) is 0 Å². The highest BCUT2D eigenvalue weighted by Crippen LogP contribution is 2.25. The molecule has 5 heteroatoms. The second-order valence-electron chi connectivity index (χ2n) is 7.01. The molecule has 0 aliphatic rings. The molecule has 1 amide bonds. The maximum absolute atomic E-state index is 14.0. The fraction of sp³-hybridized carbons (Fsp3) is 0.286. The SMILES string of the molecule is COc1ccc2c(ccn2CC(=O)NCC(C)(C)c2ccccc2F)c1. The minimum absolute atomic E-state index is 0.109. The van der Waals surface area contributed by atoms with E-state index in [-0.39, 0.29) is 18.3 Å². The van der Waals surface area contributed by atoms with E-state index in [9.17, 15) is 9.18 Å². The Balaban J connectivity index is 1.67. The molecule has 0 aliphatic heterocycles. The van der Waals surface area contributed by atoms with Gasteiger partial charge >= 0.3 is 0 Å². The Labute approximate surface area is 152 Å². The minimum Gasteiger partial charge on any atom is -0.497 e. The summed E-state index contributed by atoms with van der Waals surface area (Å²) in [6.07, 6.45) is 1.88. The van der Waals surface area contributed by atoms with Crippen molar-refractivity contribution in [1.29, 1.82) is 0 Å². The number of benzene rings is 2. The van der Waals surface area contributed by atoms with E-state index in [1.165, 1.54) is 6.07 Å². The van der Waals surface area contributed by atoms with Gasteiger partial charge in [-0.1, -0.05) is 32.0 Å². The molecular weight excluding hydrogens is 331 g/mol. The molecule has 0 bridgehead atoms. The van der Waals surface area contributed by atoms with Crippen molar-refractivity contribution in [3.63, 3.8) is 0 Å². The zero-order chi connectivity index (χ0) is 18.7. The number of hydrogen-bond acceptors (Lipinski definition) is 2. The summed E-state index contributed by atoms with van der Waals surface area (Å²) in [4.78, 5) is 12.4. The number of aromatic nitrogens is 1. The van der Waals surface area contributed by atoms with Crippen molar-refractivity contribution in [3.05, 3.63) is 66.1 Å². The number of halogens is 1. The summed E-state index contributed by atoms with van der Waals surface area (Å²) >= 11 is 0. The van der Waals surface area contributed by atoms with Gasteiger partial charge in [-0.3, -0.25) is 4.79 Å². The third-order valence-corrected chi connectivity index (χ3v) is 4.62. The third kappa shape index (κ3) is 3.72. The molecule has 0 spiro atoms. The van der Waals surface area contributed by atoms with E-state index in [1.54, 1.807) is 19.2 Å². The number of ether oxygens (including phenoxy) is 1. The smallest absolute Gasteiger partial charge is 0.239 e. The van der Waals surface area contributed by atoms with Crippen molar-refractivity contribution in [2.24, 2.45) is 0 Å². The molecule has 0 radical (unpaired) electrons. The standard InChI is InChI=1S/C21H23FN2O2/c1-21(2,17-6-4-5-7-18(17)22)14-23-20(25)13-24-11-10-15-12-16(26-3)8-9-19(15)24/h4-12H,13-14H2,1-3H3,(H,23,25). The van der Waals surface area contributed by atoms with Gasteiger partial charge in [0.05, 0.1) is 7.11 Å². The van der Waals surface area contributed by atoms with Gasteiger partial charge in [0.1, 0.15) is 18.1 Å². The maximum Gasteiger partial charge on any atom is 0.239 e. The summed E-state index contributed by atoms with van der Waals surface area (Å²) in [6.45, 7) is 4.41. The zero-order valence-electron chi connectivity index (χ0n) is 15.3. The highest BCUT2D eigenvalue weighted by Gasteiger charge is 2.24. The maximum atomic E-state index is 14.0. The van der Waals surface area contributed by atoms with Gasteiger partial charge in [0, 0.05) is 29.1 Å². The van der Waals surface area contributed by atoms with Crippen LogP contribution >= 0.6 is 0 Å². The number of amides is 1. The molecule has 0 saturated heterocycles. The van der Waals surface area contributed by atoms with Gasteiger partial charge in [-0.05, 0) is 35.9 Å². The molecule has 2 aromatic carbocycles. The molecule has 1 N–H and O–H groups in total. The fourth-order valence-corrected chi connectivity index (χ4v) is 3.08. The number of carbonyl (C=O) groups excluding carboxylic acids is 1. The van der Waals surface area contributed by atoms with Crippen LogP contribution in [0.5, 0.6) is 5.75 Å². The highest BCUT2D eigenvalue weighted by atomic mass is 19.1. The molecule has 0 unspecified atom stereocenters. The lowest BCUT2D eigenvalue weighted by molar-refractivity contribution is -0.121. The second-order valence-corrected chi connectivity index (χ2v) is 7.01. The van der Waals surface area contributed by atoms with Crippen molar-refractivity contribution < 1.29 is 13.9 Å². The van der Waals surface area contributed by atoms with Crippen molar-refractivity contribution in [2.45, 2.75) is 25.8 Å². The quantitative estimate of drug-likeness (QED) is 0.730. The minimum atomic E-state index is -0.493. The molecule has 1 heterocycles. The Morgan fingerprint density at radius 1 is 1.19 bits per heavy atom. The van der Waals surface area contributed by atoms with Gasteiger partial charge in [-0.25, -0.2) is 4.39 Å². The van der Waals surface area contributed by atoms with Crippen LogP contribution in [0.3, 0.4) is 0 Å². The van der Waals surface area contributed by atoms with Crippen LogP contribution in [0.1, 0.15) is 19.4 Å². The van der Waals surface area contributed by atoms with Crippen LogP contribution in [0.25, 0.3) is 10.9 Å². The molecule has 4 nitrogen and oxygen atoms in total. The van der Waals surface area contributed by atoms with E-state index >= 15 is 0 Å². The van der Waals surface area contributed by atoms with Gasteiger partial charge in [-0.2, -0.15) is 0 Å². The Morgan fingerprint density at radius 3 is 2.69 bits per heavy atom. The average Bonchev–Trinajstić information content (AvgIpc) is 3.02. The summed E-state index contributed by atoms with van der Waals surface area (Å²) < 4.78 is 21.1. The van der Waals surface area contributed by atoms with Gasteiger partial charge in [-0.15, -0.1) is 0 Å². The lowest BCUT2D eigenvalue weighted by atomic mass is 9.84.